The minimum atomic E-state index is -1.57. The minimum absolute atomic E-state index is 0.0447. The predicted octanol–water partition coefficient (Wildman–Crippen LogP) is 18.9. The van der Waals surface area contributed by atoms with E-state index in [2.05, 4.69) is 114 Å². The first-order valence-electron chi connectivity index (χ1n) is 39.5. The number of fused-ring (bicyclic) bond motifs is 2. The molecule has 0 bridgehead atoms. The van der Waals surface area contributed by atoms with Gasteiger partial charge in [0.2, 0.25) is 11.8 Å². The van der Waals surface area contributed by atoms with Crippen LogP contribution in [0.15, 0.2) is 207 Å². The molecule has 6 amide bonds. The molecular weight excluding hydrogens is 1490 g/mol. The van der Waals surface area contributed by atoms with Crippen molar-refractivity contribution in [2.75, 3.05) is 37.1 Å². The number of carbonyl (C=O) groups is 6. The summed E-state index contributed by atoms with van der Waals surface area (Å²) in [6.45, 7) is 26.9. The second-order valence-electron chi connectivity index (χ2n) is 34.6. The Morgan fingerprint density at radius 3 is 0.890 bits per heavy atom. The van der Waals surface area contributed by atoms with Crippen LogP contribution in [0, 0.1) is 0 Å². The van der Waals surface area contributed by atoms with Gasteiger partial charge in [-0.25, -0.2) is 9.97 Å². The lowest BCUT2D eigenvalue weighted by Gasteiger charge is -2.36. The van der Waals surface area contributed by atoms with Gasteiger partial charge in [0.15, 0.2) is 0 Å². The van der Waals surface area contributed by atoms with Crippen LogP contribution in [-0.4, -0.2) is 116 Å². The number of nitrogens with zero attached hydrogens (tertiary/aromatic N) is 6. The average molecular weight is 1580 g/mol. The summed E-state index contributed by atoms with van der Waals surface area (Å²) in [7, 11) is 0. The highest BCUT2D eigenvalue weighted by Gasteiger charge is 2.47. The number of hydrogen-bond donors (Lipinski definition) is 2. The second kappa shape index (κ2) is 30.1. The van der Waals surface area contributed by atoms with Crippen LogP contribution in [0.1, 0.15) is 158 Å². The molecule has 8 heterocycles. The van der Waals surface area contributed by atoms with Gasteiger partial charge < -0.3 is 48.5 Å². The van der Waals surface area contributed by atoms with Crippen LogP contribution in [0.5, 0.6) is 57.5 Å². The molecule has 22 heteroatoms. The quantitative estimate of drug-likeness (QED) is 0.0246. The Kier molecular flexibility index (Phi) is 19.8. The highest BCUT2D eigenvalue weighted by molar-refractivity contribution is 6.45. The summed E-state index contributed by atoms with van der Waals surface area (Å²) in [6, 6.07) is 46.9. The van der Waals surface area contributed by atoms with Crippen LogP contribution in [-0.2, 0) is 53.6 Å². The first-order valence-corrected chi connectivity index (χ1v) is 39.5. The van der Waals surface area contributed by atoms with Gasteiger partial charge in [-0.2, -0.15) is 0 Å². The molecule has 4 atom stereocenters. The smallest absolute Gasteiger partial charge is 0.262 e. The topological polar surface area (TPSA) is 265 Å². The summed E-state index contributed by atoms with van der Waals surface area (Å²) in [4.78, 5) is 118. The molecule has 4 aromatic heterocycles. The van der Waals surface area contributed by atoms with Crippen molar-refractivity contribution in [3.63, 3.8) is 0 Å². The van der Waals surface area contributed by atoms with Crippen LogP contribution >= 0.6 is 0 Å². The zero-order valence-electron chi connectivity index (χ0n) is 67.6. The van der Waals surface area contributed by atoms with Crippen molar-refractivity contribution in [3.05, 3.63) is 263 Å². The third kappa shape index (κ3) is 15.4. The third-order valence-electron chi connectivity index (χ3n) is 22.0. The summed E-state index contributed by atoms with van der Waals surface area (Å²) in [5.41, 5.74) is 3.74. The number of ether oxygens (including phenoxy) is 8. The number of carbonyl (C=O) groups excluding carboxylic acids is 6. The lowest BCUT2D eigenvalue weighted by atomic mass is 9.80. The summed E-state index contributed by atoms with van der Waals surface area (Å²) in [5.74, 6) is -2.44. The average Bonchev–Trinajstić information content (AvgIpc) is 0.751. The third-order valence-corrected chi connectivity index (χ3v) is 22.0. The number of imide groups is 2. The molecule has 2 saturated heterocycles. The number of nitrogens with one attached hydrogen (secondary N) is 2. The zero-order chi connectivity index (χ0) is 82.4. The fourth-order valence-electron chi connectivity index (χ4n) is 15.4. The number of pyridine rings is 4. The molecule has 2 fully saturated rings. The van der Waals surface area contributed by atoms with Crippen molar-refractivity contribution >= 4 is 90.2 Å². The van der Waals surface area contributed by atoms with E-state index >= 15 is 28.8 Å². The molecule has 4 unspecified atom stereocenters. The van der Waals surface area contributed by atoms with Crippen LogP contribution in [0.25, 0.3) is 43.1 Å². The molecule has 0 saturated carbocycles. The van der Waals surface area contributed by atoms with Crippen LogP contribution in [0.4, 0.5) is 11.6 Å². The van der Waals surface area contributed by atoms with Gasteiger partial charge in [0.1, 0.15) is 107 Å². The van der Waals surface area contributed by atoms with E-state index in [0.29, 0.717) is 58.8 Å². The van der Waals surface area contributed by atoms with E-state index in [0.717, 1.165) is 32.1 Å². The Morgan fingerprint density at radius 1 is 0.364 bits per heavy atom. The normalized spacial score (nSPS) is 15.8. The maximum atomic E-state index is 16.9. The molecule has 4 aliphatic rings. The maximum Gasteiger partial charge on any atom is 0.262 e. The van der Waals surface area contributed by atoms with Crippen molar-refractivity contribution in [3.8, 4) is 57.5 Å². The van der Waals surface area contributed by atoms with Crippen LogP contribution < -0.4 is 39.1 Å². The maximum absolute atomic E-state index is 16.9. The molecule has 2 N–H and O–H groups in total. The molecular formula is C96H88N8O14. The SMILES string of the molecule is CC(C)(C)c1ccc(Oc2cc3c4c(cc(Oc5ccc(C(C)(C)C)cc5)c5c6c(Oc7ccc(C(C)(C)C)cc7)cc7c8c(cc(Oc9ccc(C(C)(C)C)cc9)c(c2c45)c86)C(=O)N(C(Cc2ccncc2)C(=O)Nc2cc(OCC4CO4)ccn2)C7=O)C(=O)N(C(Cc2ccncc2)C(=O)Nc2cc(OCC4CO4)ccn2)C3=O)cc1. The zero-order valence-corrected chi connectivity index (χ0v) is 67.6. The summed E-state index contributed by atoms with van der Waals surface area (Å²) >= 11 is 0. The number of amides is 6. The number of hydrogen-bond acceptors (Lipinski definition) is 18. The van der Waals surface area contributed by atoms with E-state index in [9.17, 15) is 0 Å². The summed E-state index contributed by atoms with van der Waals surface area (Å²) < 4.78 is 52.6. The van der Waals surface area contributed by atoms with E-state index in [1.807, 2.05) is 97.1 Å². The molecule has 22 nitrogen and oxygen atoms in total. The van der Waals surface area contributed by atoms with Crippen LogP contribution in [0.2, 0.25) is 0 Å². The van der Waals surface area contributed by atoms with Crippen molar-refractivity contribution < 1.29 is 66.7 Å². The molecule has 0 radical (unpaired) electrons. The molecule has 596 valence electrons. The summed E-state index contributed by atoms with van der Waals surface area (Å²) in [5, 5.41) is 7.65. The number of epoxide rings is 2. The molecule has 4 aliphatic heterocycles. The van der Waals surface area contributed by atoms with Gasteiger partial charge in [0.25, 0.3) is 23.6 Å². The van der Waals surface area contributed by atoms with Gasteiger partial charge in [-0.1, -0.05) is 132 Å². The number of anilines is 2. The largest absolute Gasteiger partial charge is 0.491 e. The van der Waals surface area contributed by atoms with E-state index in [-0.39, 0.29) is 160 Å². The van der Waals surface area contributed by atoms with Crippen molar-refractivity contribution in [2.45, 2.75) is 142 Å². The molecule has 9 aromatic carbocycles. The molecule has 13 aromatic rings. The Balaban J connectivity index is 0.971. The number of rotatable bonds is 24. The second-order valence-corrected chi connectivity index (χ2v) is 34.6. The lowest BCUT2D eigenvalue weighted by Crippen LogP contribution is -2.53. The molecule has 17 rings (SSSR count). The number of benzene rings is 9. The van der Waals surface area contributed by atoms with Gasteiger partial charge in [0.05, 0.1) is 35.5 Å². The van der Waals surface area contributed by atoms with Crippen molar-refractivity contribution in [2.24, 2.45) is 0 Å². The highest BCUT2D eigenvalue weighted by Crippen LogP contribution is 2.59. The van der Waals surface area contributed by atoms with Crippen molar-refractivity contribution in [1.82, 2.24) is 29.7 Å². The lowest BCUT2D eigenvalue weighted by molar-refractivity contribution is -0.120. The summed E-state index contributed by atoms with van der Waals surface area (Å²) in [6.07, 6.45) is 8.74. The van der Waals surface area contributed by atoms with E-state index < -0.39 is 47.5 Å². The van der Waals surface area contributed by atoms with Gasteiger partial charge in [-0.15, -0.1) is 0 Å². The molecule has 0 aliphatic carbocycles. The Hall–Kier alpha value is -13.2. The van der Waals surface area contributed by atoms with E-state index in [4.69, 9.17) is 37.9 Å². The Bertz CT molecular complexity index is 5520. The van der Waals surface area contributed by atoms with Gasteiger partial charge in [-0.3, -0.25) is 48.5 Å². The molecule has 0 spiro atoms. The Labute approximate surface area is 682 Å². The molecule has 118 heavy (non-hydrogen) atoms. The Morgan fingerprint density at radius 2 is 0.636 bits per heavy atom. The van der Waals surface area contributed by atoms with Gasteiger partial charge in [0, 0.05) is 105 Å². The predicted molar refractivity (Wildman–Crippen MR) is 449 cm³/mol. The standard InChI is InChI=1S/C96H88N8O14/c1-93(2,3)55-13-21-59(22-14-55)115-73-45-67-79-68(90(108)103(89(67)107)71(41-53-29-35-97-36-30-53)87(105)101-77-43-63(33-39-99-77)111-49-65-51-113-65)47-75(117-61-25-17-57(18-26-61)95(7,8)9)83-84-76(118-62-27-19-58(20-28-62)96(10,11)12)48-70-80-69(46-74(82(86(80)84)81(73)85(79)83)116-60-23-15-56(16-24-60)94(4,5)6)91(109)104(92(70)110)72(42-54-31-37-98-38-32-54)88(106)102-78-44-64(34-40-100-78)112-50-66-52-114-66/h13-40,43-48,65-66,71-72H,41-42,49-52H2,1-12H3,(H,99,101,105)(H,100,102,106). The highest BCUT2D eigenvalue weighted by atomic mass is 16.6. The monoisotopic (exact) mass is 1580 g/mol. The van der Waals surface area contributed by atoms with E-state index in [1.165, 1.54) is 12.4 Å². The van der Waals surface area contributed by atoms with Crippen molar-refractivity contribution in [1.29, 1.82) is 0 Å². The fraction of sp³-hybridized carbons (Fsp3) is 0.271. The minimum Gasteiger partial charge on any atom is -0.491 e. The first kappa shape index (κ1) is 77.4. The van der Waals surface area contributed by atoms with Gasteiger partial charge >= 0.3 is 0 Å². The van der Waals surface area contributed by atoms with Crippen LogP contribution in [0.3, 0.4) is 0 Å². The number of aromatic nitrogens is 4. The van der Waals surface area contributed by atoms with Gasteiger partial charge in [-0.05, 0) is 164 Å². The first-order chi connectivity index (χ1) is 56.4. The van der Waals surface area contributed by atoms with E-state index in [1.54, 1.807) is 97.6 Å². The fourth-order valence-corrected chi connectivity index (χ4v) is 15.4.